The number of hydrogen-bond acceptors (Lipinski definition) is 4. The highest BCUT2D eigenvalue weighted by Gasteiger charge is 2.30. The summed E-state index contributed by atoms with van der Waals surface area (Å²) in [5.74, 6) is 0. The van der Waals surface area contributed by atoms with Crippen LogP contribution in [0.4, 0.5) is 18.9 Å². The van der Waals surface area contributed by atoms with Crippen LogP contribution in [0, 0.1) is 0 Å². The molecule has 2 N–H and O–H groups in total. The number of anilines is 1. The molecule has 0 amide bonds. The summed E-state index contributed by atoms with van der Waals surface area (Å²) in [6, 6.07) is 3.82. The Balaban J connectivity index is 2.27. The number of nitrogens with zero attached hydrogens (tertiary/aromatic N) is 2. The van der Waals surface area contributed by atoms with Crippen LogP contribution in [-0.4, -0.2) is 27.7 Å². The van der Waals surface area contributed by atoms with Crippen LogP contribution < -0.4 is 5.32 Å². The molecular weight excluding hydrogens is 331 g/mol. The van der Waals surface area contributed by atoms with Crippen molar-refractivity contribution < 1.29 is 18.3 Å². The number of aliphatic hydroxyl groups is 1. The van der Waals surface area contributed by atoms with Crippen molar-refractivity contribution >= 4 is 17.3 Å². The molecule has 1 atom stereocenters. The first-order valence-corrected chi connectivity index (χ1v) is 7.26. The average molecular weight is 346 g/mol. The third-order valence-electron chi connectivity index (χ3n) is 3.11. The zero-order valence-corrected chi connectivity index (χ0v) is 13.0. The maximum atomic E-state index is 12.6. The summed E-state index contributed by atoms with van der Waals surface area (Å²) in [5, 5.41) is 12.6. The number of hydrogen-bond donors (Lipinski definition) is 2. The fraction of sp³-hybridized carbons (Fsp3) is 0.333. The molecule has 0 saturated heterocycles. The molecule has 0 unspecified atom stereocenters. The predicted molar refractivity (Wildman–Crippen MR) is 82.3 cm³/mol. The third-order valence-corrected chi connectivity index (χ3v) is 3.32. The fourth-order valence-electron chi connectivity index (χ4n) is 1.92. The number of halogens is 4. The van der Waals surface area contributed by atoms with E-state index in [1.165, 1.54) is 12.3 Å². The smallest absolute Gasteiger partial charge is 0.393 e. The van der Waals surface area contributed by atoms with Crippen LogP contribution in [0.2, 0.25) is 5.15 Å². The van der Waals surface area contributed by atoms with E-state index < -0.39 is 17.8 Å². The summed E-state index contributed by atoms with van der Waals surface area (Å²) in [7, 11) is 0. The molecule has 23 heavy (non-hydrogen) atoms. The van der Waals surface area contributed by atoms with Gasteiger partial charge in [-0.05, 0) is 31.5 Å². The normalized spacial score (nSPS) is 13.0. The maximum Gasteiger partial charge on any atom is 0.417 e. The monoisotopic (exact) mass is 345 g/mol. The first-order valence-electron chi connectivity index (χ1n) is 6.88. The Kier molecular flexibility index (Phi) is 5.43. The van der Waals surface area contributed by atoms with Gasteiger partial charge < -0.3 is 10.4 Å². The molecule has 0 aromatic carbocycles. The van der Waals surface area contributed by atoms with Crippen LogP contribution in [0.5, 0.6) is 0 Å². The van der Waals surface area contributed by atoms with E-state index in [0.717, 1.165) is 12.3 Å². The molecule has 0 radical (unpaired) electrons. The quantitative estimate of drug-likeness (QED) is 0.804. The van der Waals surface area contributed by atoms with E-state index in [-0.39, 0.29) is 5.15 Å². The number of rotatable bonds is 5. The molecule has 0 bridgehead atoms. The molecule has 0 saturated carbocycles. The van der Waals surface area contributed by atoms with E-state index in [1.807, 2.05) is 0 Å². The van der Waals surface area contributed by atoms with E-state index in [9.17, 15) is 18.3 Å². The molecular formula is C15H15ClF3N3O. The first kappa shape index (κ1) is 17.5. The lowest BCUT2D eigenvalue weighted by atomic mass is 10.1. The van der Waals surface area contributed by atoms with Gasteiger partial charge in [0.05, 0.1) is 17.4 Å². The molecule has 2 heterocycles. The number of pyridine rings is 2. The Hall–Kier alpha value is -1.86. The van der Waals surface area contributed by atoms with Gasteiger partial charge in [-0.2, -0.15) is 13.2 Å². The topological polar surface area (TPSA) is 58.0 Å². The Labute approximate surface area is 136 Å². The summed E-state index contributed by atoms with van der Waals surface area (Å²) in [6.07, 6.45) is -2.15. The van der Waals surface area contributed by atoms with E-state index >= 15 is 0 Å². The standard InChI is InChI=1S/C15H15ClF3N3O/c1-9(23)4-5-20-13-6-14(16)22-8-11(13)12-3-2-10(7-21-12)15(17,18)19/h2-3,6-9,23H,4-5H2,1H3,(H,20,22)/t9-/m1/s1. The van der Waals surface area contributed by atoms with Gasteiger partial charge in [0.1, 0.15) is 5.15 Å². The van der Waals surface area contributed by atoms with Crippen molar-refractivity contribution in [1.29, 1.82) is 0 Å². The second kappa shape index (κ2) is 7.14. The summed E-state index contributed by atoms with van der Waals surface area (Å²) in [6.45, 7) is 2.14. The zero-order chi connectivity index (χ0) is 17.0. The van der Waals surface area contributed by atoms with Crippen molar-refractivity contribution in [2.24, 2.45) is 0 Å². The molecule has 124 valence electrons. The molecule has 2 aromatic rings. The third kappa shape index (κ3) is 4.80. The van der Waals surface area contributed by atoms with Gasteiger partial charge in [-0.1, -0.05) is 11.6 Å². The molecule has 0 aliphatic carbocycles. The number of nitrogens with one attached hydrogen (secondary N) is 1. The Morgan fingerprint density at radius 2 is 2.00 bits per heavy atom. The highest BCUT2D eigenvalue weighted by atomic mass is 35.5. The number of alkyl halides is 3. The number of aromatic nitrogens is 2. The fourth-order valence-corrected chi connectivity index (χ4v) is 2.07. The Bertz CT molecular complexity index is 660. The van der Waals surface area contributed by atoms with E-state index in [0.29, 0.717) is 29.9 Å². The zero-order valence-electron chi connectivity index (χ0n) is 12.2. The van der Waals surface area contributed by atoms with Gasteiger partial charge in [0, 0.05) is 30.2 Å². The van der Waals surface area contributed by atoms with Crippen molar-refractivity contribution in [3.8, 4) is 11.3 Å². The van der Waals surface area contributed by atoms with Gasteiger partial charge in [-0.15, -0.1) is 0 Å². The first-order chi connectivity index (χ1) is 10.8. The molecule has 8 heteroatoms. The average Bonchev–Trinajstić information content (AvgIpc) is 2.46. The van der Waals surface area contributed by atoms with Crippen molar-refractivity contribution in [2.45, 2.75) is 25.6 Å². The second-order valence-corrected chi connectivity index (χ2v) is 5.43. The van der Waals surface area contributed by atoms with Crippen LogP contribution in [-0.2, 0) is 6.18 Å². The van der Waals surface area contributed by atoms with Crippen LogP contribution in [0.25, 0.3) is 11.3 Å². The van der Waals surface area contributed by atoms with E-state index in [1.54, 1.807) is 13.0 Å². The summed E-state index contributed by atoms with van der Waals surface area (Å²) >= 11 is 5.86. The molecule has 0 aliphatic heterocycles. The summed E-state index contributed by atoms with van der Waals surface area (Å²) in [4.78, 5) is 7.80. The molecule has 2 aromatic heterocycles. The lowest BCUT2D eigenvalue weighted by Crippen LogP contribution is -2.10. The minimum absolute atomic E-state index is 0.250. The van der Waals surface area contributed by atoms with Crippen LogP contribution >= 0.6 is 11.6 Å². The van der Waals surface area contributed by atoms with Crippen LogP contribution in [0.1, 0.15) is 18.9 Å². The van der Waals surface area contributed by atoms with E-state index in [2.05, 4.69) is 15.3 Å². The lowest BCUT2D eigenvalue weighted by molar-refractivity contribution is -0.137. The molecule has 0 fully saturated rings. The van der Waals surface area contributed by atoms with Crippen LogP contribution in [0.15, 0.2) is 30.6 Å². The Morgan fingerprint density at radius 3 is 2.57 bits per heavy atom. The van der Waals surface area contributed by atoms with E-state index in [4.69, 9.17) is 11.6 Å². The van der Waals surface area contributed by atoms with Crippen LogP contribution in [0.3, 0.4) is 0 Å². The Morgan fingerprint density at radius 1 is 1.26 bits per heavy atom. The largest absolute Gasteiger partial charge is 0.417 e. The van der Waals surface area contributed by atoms with Gasteiger partial charge in [-0.25, -0.2) is 4.98 Å². The lowest BCUT2D eigenvalue weighted by Gasteiger charge is -2.13. The van der Waals surface area contributed by atoms with Gasteiger partial charge >= 0.3 is 6.18 Å². The van der Waals surface area contributed by atoms with Gasteiger partial charge in [0.2, 0.25) is 0 Å². The van der Waals surface area contributed by atoms with Crippen molar-refractivity contribution in [3.63, 3.8) is 0 Å². The maximum absolute atomic E-state index is 12.6. The summed E-state index contributed by atoms with van der Waals surface area (Å²) in [5.41, 5.74) is 0.667. The van der Waals surface area contributed by atoms with Gasteiger partial charge in [-0.3, -0.25) is 4.98 Å². The minimum Gasteiger partial charge on any atom is -0.393 e. The second-order valence-electron chi connectivity index (χ2n) is 5.05. The SMILES string of the molecule is C[C@@H](O)CCNc1cc(Cl)ncc1-c1ccc(C(F)(F)F)cn1. The predicted octanol–water partition coefficient (Wildman–Crippen LogP) is 4.00. The minimum atomic E-state index is -4.43. The molecule has 0 spiro atoms. The van der Waals surface area contributed by atoms with Crippen molar-refractivity contribution in [3.05, 3.63) is 41.3 Å². The van der Waals surface area contributed by atoms with Crippen molar-refractivity contribution in [2.75, 3.05) is 11.9 Å². The number of aliphatic hydroxyl groups excluding tert-OH is 1. The van der Waals surface area contributed by atoms with Gasteiger partial charge in [0.25, 0.3) is 0 Å². The molecule has 2 rings (SSSR count). The molecule has 4 nitrogen and oxygen atoms in total. The highest BCUT2D eigenvalue weighted by Crippen LogP contribution is 2.32. The van der Waals surface area contributed by atoms with Crippen molar-refractivity contribution in [1.82, 2.24) is 9.97 Å². The highest BCUT2D eigenvalue weighted by molar-refractivity contribution is 6.29. The summed E-state index contributed by atoms with van der Waals surface area (Å²) < 4.78 is 37.8. The van der Waals surface area contributed by atoms with Gasteiger partial charge in [0.15, 0.2) is 0 Å². The molecule has 0 aliphatic rings.